The second kappa shape index (κ2) is 8.57. The minimum atomic E-state index is -0.762. The molecule has 1 N–H and O–H groups in total. The third-order valence-electron chi connectivity index (χ3n) is 1.24. The van der Waals surface area contributed by atoms with Crippen molar-refractivity contribution >= 4 is 5.97 Å². The second-order valence-corrected chi connectivity index (χ2v) is 2.37. The number of rotatable bonds is 5. The summed E-state index contributed by atoms with van der Waals surface area (Å²) in [6, 6.07) is 0. The van der Waals surface area contributed by atoms with Gasteiger partial charge in [-0.2, -0.15) is 0 Å². The van der Waals surface area contributed by atoms with Crippen molar-refractivity contribution in [2.24, 2.45) is 0 Å². The first kappa shape index (κ1) is 11.5. The molecule has 0 unspecified atom stereocenters. The van der Waals surface area contributed by atoms with E-state index < -0.39 is 5.97 Å². The van der Waals surface area contributed by atoms with Crippen LogP contribution in [0.3, 0.4) is 0 Å². The molecule has 0 atom stereocenters. The molecule has 0 aliphatic rings. The molecule has 0 bridgehead atoms. The topological polar surface area (TPSA) is 37.3 Å². The molecule has 0 amide bonds. The predicted molar refractivity (Wildman–Crippen MR) is 53.5 cm³/mol. The summed E-state index contributed by atoms with van der Waals surface area (Å²) in [6.45, 7) is 1.90. The van der Waals surface area contributed by atoms with Gasteiger partial charge in [0.05, 0.1) is 0 Å². The summed E-state index contributed by atoms with van der Waals surface area (Å²) in [5.74, 6) is -0.762. The van der Waals surface area contributed by atoms with E-state index in [9.17, 15) is 4.79 Å². The smallest absolute Gasteiger partial charge is 0.303 e. The molecule has 2 nitrogen and oxygen atoms in total. The van der Waals surface area contributed by atoms with Gasteiger partial charge in [-0.25, -0.2) is 0 Å². The van der Waals surface area contributed by atoms with Crippen LogP contribution in [-0.2, 0) is 4.79 Å². The number of allylic oxidation sites excluding steroid dienone is 5. The largest absolute Gasteiger partial charge is 0.481 e. The van der Waals surface area contributed by atoms with Gasteiger partial charge < -0.3 is 5.11 Å². The second-order valence-electron chi connectivity index (χ2n) is 2.37. The quantitative estimate of drug-likeness (QED) is 0.519. The molecule has 0 aliphatic heterocycles. The maximum absolute atomic E-state index is 10.1. The summed E-state index contributed by atoms with van der Waals surface area (Å²) in [5, 5.41) is 8.31. The Kier molecular flexibility index (Phi) is 7.56. The predicted octanol–water partition coefficient (Wildman–Crippen LogP) is 2.69. The Labute approximate surface area is 78.6 Å². The van der Waals surface area contributed by atoms with Crippen molar-refractivity contribution < 1.29 is 9.90 Å². The van der Waals surface area contributed by atoms with Gasteiger partial charge in [0.2, 0.25) is 0 Å². The van der Waals surface area contributed by atoms with Crippen LogP contribution in [0.15, 0.2) is 42.2 Å². The van der Waals surface area contributed by atoms with Gasteiger partial charge in [0.15, 0.2) is 0 Å². The summed E-state index contributed by atoms with van der Waals surface area (Å²) < 4.78 is 0. The number of hydrogen-bond acceptors (Lipinski definition) is 1. The van der Waals surface area contributed by atoms with Crippen LogP contribution in [0.5, 0.6) is 0 Å². The van der Waals surface area contributed by atoms with Crippen LogP contribution in [0.25, 0.3) is 0 Å². The van der Waals surface area contributed by atoms with E-state index in [1.54, 1.807) is 6.08 Å². The zero-order valence-electron chi connectivity index (χ0n) is 7.73. The summed E-state index contributed by atoms with van der Waals surface area (Å²) >= 11 is 0. The van der Waals surface area contributed by atoms with Crippen molar-refractivity contribution in [3.8, 4) is 0 Å². The van der Waals surface area contributed by atoms with E-state index in [1.165, 1.54) is 0 Å². The average Bonchev–Trinajstić information content (AvgIpc) is 2.09. The normalized spacial score (nSPS) is 10.2. The molecule has 13 heavy (non-hydrogen) atoms. The monoisotopic (exact) mass is 178 g/mol. The molecule has 0 rings (SSSR count). The maximum Gasteiger partial charge on any atom is 0.303 e. The van der Waals surface area contributed by atoms with Crippen LogP contribution in [0.1, 0.15) is 19.8 Å². The number of carboxylic acids is 1. The molecule has 0 aromatic rings. The number of carbonyl (C=O) groups is 1. The van der Waals surface area contributed by atoms with Gasteiger partial charge in [-0.05, 0) is 25.5 Å². The molecular weight excluding hydrogens is 164 g/mol. The fourth-order valence-corrected chi connectivity index (χ4v) is 0.653. The molecule has 0 saturated carbocycles. The van der Waals surface area contributed by atoms with Crippen LogP contribution in [-0.4, -0.2) is 11.1 Å². The fourth-order valence-electron chi connectivity index (χ4n) is 0.653. The average molecular weight is 178 g/mol. The van der Waals surface area contributed by atoms with E-state index in [-0.39, 0.29) is 6.42 Å². The zero-order valence-corrected chi connectivity index (χ0v) is 7.73. The molecule has 70 valence electrons. The lowest BCUT2D eigenvalue weighted by Crippen LogP contribution is -1.91. The molecule has 0 heterocycles. The lowest BCUT2D eigenvalue weighted by Gasteiger charge is -1.84. The minimum Gasteiger partial charge on any atom is -0.481 e. The molecule has 0 spiro atoms. The van der Waals surface area contributed by atoms with Gasteiger partial charge in [-0.15, -0.1) is 5.73 Å². The van der Waals surface area contributed by atoms with Crippen molar-refractivity contribution in [1.82, 2.24) is 0 Å². The minimum absolute atomic E-state index is 0.190. The molecule has 2 heteroatoms. The lowest BCUT2D eigenvalue weighted by molar-refractivity contribution is -0.136. The van der Waals surface area contributed by atoms with Gasteiger partial charge in [-0.1, -0.05) is 24.3 Å². The number of carboxylic acid groups (broad SMARTS) is 1. The Morgan fingerprint density at radius 1 is 1.38 bits per heavy atom. The number of hydrogen-bond donors (Lipinski definition) is 1. The standard InChI is InChI=1S/C11H14O2/c1-2-3-4-5-6-7-8-9-10-11(12)13/h2,4-8H,9-10H2,1H3,(H,12,13)/b6-5+,8-7+. The highest BCUT2D eigenvalue weighted by Gasteiger charge is 1.90. The molecule has 0 fully saturated rings. The van der Waals surface area contributed by atoms with Crippen molar-refractivity contribution in [3.63, 3.8) is 0 Å². The summed E-state index contributed by atoms with van der Waals surface area (Å²) in [7, 11) is 0. The van der Waals surface area contributed by atoms with Crippen molar-refractivity contribution in [3.05, 3.63) is 42.2 Å². The highest BCUT2D eigenvalue weighted by atomic mass is 16.4. The first-order valence-corrected chi connectivity index (χ1v) is 4.18. The van der Waals surface area contributed by atoms with Crippen LogP contribution < -0.4 is 0 Å². The maximum atomic E-state index is 10.1. The van der Waals surface area contributed by atoms with E-state index >= 15 is 0 Å². The Morgan fingerprint density at radius 3 is 2.77 bits per heavy atom. The summed E-state index contributed by atoms with van der Waals surface area (Å²) in [5.41, 5.74) is 2.89. The molecule has 0 aliphatic carbocycles. The van der Waals surface area contributed by atoms with Crippen LogP contribution in [0.4, 0.5) is 0 Å². The van der Waals surface area contributed by atoms with Gasteiger partial charge >= 0.3 is 5.97 Å². The number of aliphatic carboxylic acids is 1. The van der Waals surface area contributed by atoms with Crippen molar-refractivity contribution in [2.75, 3.05) is 0 Å². The Bertz CT molecular complexity index is 253. The van der Waals surface area contributed by atoms with E-state index in [1.807, 2.05) is 37.3 Å². The molecular formula is C11H14O2. The highest BCUT2D eigenvalue weighted by molar-refractivity contribution is 5.66. The van der Waals surface area contributed by atoms with E-state index in [2.05, 4.69) is 5.73 Å². The van der Waals surface area contributed by atoms with E-state index in [0.29, 0.717) is 6.42 Å². The fraction of sp³-hybridized carbons (Fsp3) is 0.273. The Hall–Kier alpha value is -1.53. The third-order valence-corrected chi connectivity index (χ3v) is 1.24. The first-order chi connectivity index (χ1) is 6.27. The molecule has 0 aromatic heterocycles. The molecule has 0 aromatic carbocycles. The van der Waals surface area contributed by atoms with Crippen molar-refractivity contribution in [2.45, 2.75) is 19.8 Å². The highest BCUT2D eigenvalue weighted by Crippen LogP contribution is 1.90. The molecule has 0 radical (unpaired) electrons. The first-order valence-electron chi connectivity index (χ1n) is 4.18. The van der Waals surface area contributed by atoms with Crippen LogP contribution in [0, 0.1) is 0 Å². The zero-order chi connectivity index (χ0) is 9.94. The van der Waals surface area contributed by atoms with Gasteiger partial charge in [0.1, 0.15) is 0 Å². The van der Waals surface area contributed by atoms with E-state index in [4.69, 9.17) is 5.11 Å². The van der Waals surface area contributed by atoms with Gasteiger partial charge in [-0.3, -0.25) is 4.79 Å². The van der Waals surface area contributed by atoms with Crippen LogP contribution in [0.2, 0.25) is 0 Å². The lowest BCUT2D eigenvalue weighted by atomic mass is 10.3. The van der Waals surface area contributed by atoms with Crippen LogP contribution >= 0.6 is 0 Å². The Morgan fingerprint density at radius 2 is 2.15 bits per heavy atom. The summed E-state index contributed by atoms with van der Waals surface area (Å²) in [6.07, 6.45) is 11.7. The van der Waals surface area contributed by atoms with Crippen molar-refractivity contribution in [1.29, 1.82) is 0 Å². The SMILES string of the molecule is CC=C=C/C=C/C=C/CCC(=O)O. The summed E-state index contributed by atoms with van der Waals surface area (Å²) in [4.78, 5) is 10.1. The molecule has 0 saturated heterocycles. The van der Waals surface area contributed by atoms with Gasteiger partial charge in [0.25, 0.3) is 0 Å². The Balaban J connectivity index is 3.57. The van der Waals surface area contributed by atoms with E-state index in [0.717, 1.165) is 0 Å². The third kappa shape index (κ3) is 10.5. The van der Waals surface area contributed by atoms with Gasteiger partial charge in [0, 0.05) is 6.42 Å².